The molecule has 0 saturated carbocycles. The Morgan fingerprint density at radius 1 is 0.875 bits per heavy atom. The second-order valence-corrected chi connectivity index (χ2v) is 6.62. The van der Waals surface area contributed by atoms with E-state index in [2.05, 4.69) is 0 Å². The van der Waals surface area contributed by atoms with Gasteiger partial charge in [-0.15, -0.1) is 0 Å². The van der Waals surface area contributed by atoms with Crippen molar-refractivity contribution in [1.29, 1.82) is 0 Å². The molecule has 0 aliphatic rings. The van der Waals surface area contributed by atoms with Gasteiger partial charge in [0, 0.05) is 10.6 Å². The average Bonchev–Trinajstić information content (AvgIpc) is 2.31. The Bertz CT molecular complexity index is 519. The maximum absolute atomic E-state index is 12.8. The molecule has 2 aromatic carbocycles. The summed E-state index contributed by atoms with van der Waals surface area (Å²) in [5.41, 5.74) is 0. The van der Waals surface area contributed by atoms with Crippen molar-refractivity contribution in [2.45, 2.75) is 0 Å². The Morgan fingerprint density at radius 2 is 1.38 bits per heavy atom. The molecule has 0 aliphatic heterocycles. The highest BCUT2D eigenvalue weighted by Crippen LogP contribution is 2.38. The molecule has 0 N–H and O–H groups in total. The Labute approximate surface area is 94.3 Å². The number of benzene rings is 2. The molecule has 0 saturated heterocycles. The van der Waals surface area contributed by atoms with Gasteiger partial charge in [0.25, 0.3) is 0 Å². The highest BCUT2D eigenvalue weighted by atomic mass is 31.2. The maximum atomic E-state index is 12.8. The molecule has 0 amide bonds. The molecule has 3 heteroatoms. The lowest BCUT2D eigenvalue weighted by Crippen LogP contribution is -2.14. The summed E-state index contributed by atoms with van der Waals surface area (Å²) in [6.45, 7) is 1.70. The normalized spacial score (nSPS) is 14.4. The first-order chi connectivity index (χ1) is 7.60. The molecule has 0 aliphatic carbocycles. The molecule has 2 aromatic rings. The summed E-state index contributed by atoms with van der Waals surface area (Å²) < 4.78 is 25.4. The first kappa shape index (κ1) is 11.1. The van der Waals surface area contributed by atoms with E-state index in [1.54, 1.807) is 18.8 Å². The zero-order valence-corrected chi connectivity index (χ0v) is 9.82. The Kier molecular flexibility index (Phi) is 2.93. The second kappa shape index (κ2) is 4.23. The first-order valence-corrected chi connectivity index (χ1v) is 7.15. The van der Waals surface area contributed by atoms with Gasteiger partial charge in [0.15, 0.2) is 0 Å². The van der Waals surface area contributed by atoms with E-state index in [9.17, 15) is 8.96 Å². The number of hydrogen-bond acceptors (Lipinski definition) is 1. The van der Waals surface area contributed by atoms with Gasteiger partial charge in [-0.25, -0.2) is 4.39 Å². The van der Waals surface area contributed by atoms with Crippen LogP contribution < -0.4 is 10.6 Å². The molecule has 0 unspecified atom stereocenters. The SMILES string of the molecule is C[P@](=O)(c1ccccc1)c1ccc(F)cc1. The summed E-state index contributed by atoms with van der Waals surface area (Å²) in [4.78, 5) is 0. The molecule has 16 heavy (non-hydrogen) atoms. The standard InChI is InChI=1S/C13H12FOP/c1-16(15,12-5-3-2-4-6-12)13-9-7-11(14)8-10-13/h2-10H,1H3/t16-/m0/s1. The van der Waals surface area contributed by atoms with E-state index in [0.717, 1.165) is 5.30 Å². The van der Waals surface area contributed by atoms with Crippen LogP contribution in [0.15, 0.2) is 54.6 Å². The van der Waals surface area contributed by atoms with Crippen LogP contribution in [-0.2, 0) is 4.57 Å². The van der Waals surface area contributed by atoms with E-state index >= 15 is 0 Å². The van der Waals surface area contributed by atoms with Crippen molar-refractivity contribution in [1.82, 2.24) is 0 Å². The van der Waals surface area contributed by atoms with Crippen LogP contribution in [0, 0.1) is 5.82 Å². The molecule has 0 bridgehead atoms. The molecule has 0 fully saturated rings. The van der Waals surface area contributed by atoms with Crippen LogP contribution in [0.3, 0.4) is 0 Å². The average molecular weight is 234 g/mol. The summed E-state index contributed by atoms with van der Waals surface area (Å²) in [6.07, 6.45) is 0. The molecular formula is C13H12FOP. The topological polar surface area (TPSA) is 17.1 Å². The van der Waals surface area contributed by atoms with E-state index in [4.69, 9.17) is 0 Å². The predicted octanol–water partition coefficient (Wildman–Crippen LogP) is 2.77. The van der Waals surface area contributed by atoms with Gasteiger partial charge in [0.2, 0.25) is 0 Å². The summed E-state index contributed by atoms with van der Waals surface area (Å²) in [5.74, 6) is -0.309. The van der Waals surface area contributed by atoms with Crippen molar-refractivity contribution in [3.05, 3.63) is 60.4 Å². The van der Waals surface area contributed by atoms with E-state index in [1.807, 2.05) is 30.3 Å². The van der Waals surface area contributed by atoms with Crippen LogP contribution in [0.5, 0.6) is 0 Å². The molecule has 0 spiro atoms. The van der Waals surface area contributed by atoms with Gasteiger partial charge < -0.3 is 4.57 Å². The van der Waals surface area contributed by atoms with Crippen molar-refractivity contribution in [3.8, 4) is 0 Å². The van der Waals surface area contributed by atoms with E-state index < -0.39 is 7.14 Å². The van der Waals surface area contributed by atoms with Crippen LogP contribution in [0.4, 0.5) is 4.39 Å². The molecule has 0 heterocycles. The Hall–Kier alpha value is -1.40. The van der Waals surface area contributed by atoms with Gasteiger partial charge in [-0.1, -0.05) is 30.3 Å². The zero-order valence-electron chi connectivity index (χ0n) is 8.93. The summed E-state index contributed by atoms with van der Waals surface area (Å²) >= 11 is 0. The lowest BCUT2D eigenvalue weighted by molar-refractivity contribution is 0.590. The first-order valence-electron chi connectivity index (χ1n) is 5.00. The fraction of sp³-hybridized carbons (Fsp3) is 0.0769. The second-order valence-electron chi connectivity index (χ2n) is 3.74. The fourth-order valence-electron chi connectivity index (χ4n) is 1.59. The van der Waals surface area contributed by atoms with Crippen molar-refractivity contribution in [2.75, 3.05) is 6.66 Å². The number of halogens is 1. The van der Waals surface area contributed by atoms with E-state index in [-0.39, 0.29) is 5.82 Å². The van der Waals surface area contributed by atoms with E-state index in [0.29, 0.717) is 5.30 Å². The van der Waals surface area contributed by atoms with Crippen LogP contribution in [-0.4, -0.2) is 6.66 Å². The van der Waals surface area contributed by atoms with Crippen molar-refractivity contribution in [3.63, 3.8) is 0 Å². The molecular weight excluding hydrogens is 222 g/mol. The lowest BCUT2D eigenvalue weighted by Gasteiger charge is -2.13. The van der Waals surface area contributed by atoms with Gasteiger partial charge in [-0.3, -0.25) is 0 Å². The molecule has 0 radical (unpaired) electrons. The van der Waals surface area contributed by atoms with Crippen LogP contribution in [0.2, 0.25) is 0 Å². The van der Waals surface area contributed by atoms with Crippen LogP contribution >= 0.6 is 7.14 Å². The third kappa shape index (κ3) is 2.07. The highest BCUT2D eigenvalue weighted by Gasteiger charge is 2.20. The Morgan fingerprint density at radius 3 is 1.94 bits per heavy atom. The van der Waals surface area contributed by atoms with Crippen molar-refractivity contribution < 1.29 is 8.96 Å². The van der Waals surface area contributed by atoms with Gasteiger partial charge in [-0.05, 0) is 30.9 Å². The monoisotopic (exact) mass is 234 g/mol. The van der Waals surface area contributed by atoms with E-state index in [1.165, 1.54) is 12.1 Å². The van der Waals surface area contributed by atoms with Gasteiger partial charge in [0.05, 0.1) is 0 Å². The summed E-state index contributed by atoms with van der Waals surface area (Å²) in [7, 11) is -2.58. The minimum absolute atomic E-state index is 0.309. The molecule has 0 aromatic heterocycles. The smallest absolute Gasteiger partial charge is 0.140 e. The minimum Gasteiger partial charge on any atom is -0.314 e. The fourth-order valence-corrected chi connectivity index (χ4v) is 3.34. The third-order valence-electron chi connectivity index (χ3n) is 2.57. The zero-order chi connectivity index (χ0) is 11.6. The lowest BCUT2D eigenvalue weighted by atomic mass is 10.3. The number of rotatable bonds is 2. The highest BCUT2D eigenvalue weighted by molar-refractivity contribution is 7.78. The van der Waals surface area contributed by atoms with Gasteiger partial charge in [0.1, 0.15) is 13.0 Å². The number of hydrogen-bond donors (Lipinski definition) is 0. The van der Waals surface area contributed by atoms with Gasteiger partial charge in [-0.2, -0.15) is 0 Å². The quantitative estimate of drug-likeness (QED) is 0.730. The summed E-state index contributed by atoms with van der Waals surface area (Å²) in [6, 6.07) is 15.1. The predicted molar refractivity (Wildman–Crippen MR) is 65.6 cm³/mol. The Balaban J connectivity index is 2.47. The maximum Gasteiger partial charge on any atom is 0.140 e. The van der Waals surface area contributed by atoms with Gasteiger partial charge >= 0.3 is 0 Å². The molecule has 1 nitrogen and oxygen atoms in total. The molecule has 2 rings (SSSR count). The molecule has 82 valence electrons. The molecule has 1 atom stereocenters. The summed E-state index contributed by atoms with van der Waals surface area (Å²) in [5, 5.41) is 1.47. The third-order valence-corrected chi connectivity index (χ3v) is 5.14. The largest absolute Gasteiger partial charge is 0.314 e. The van der Waals surface area contributed by atoms with Crippen LogP contribution in [0.25, 0.3) is 0 Å². The van der Waals surface area contributed by atoms with Crippen molar-refractivity contribution >= 4 is 17.8 Å². The minimum atomic E-state index is -2.58. The van der Waals surface area contributed by atoms with Crippen LogP contribution in [0.1, 0.15) is 0 Å². The van der Waals surface area contributed by atoms with Crippen molar-refractivity contribution in [2.24, 2.45) is 0 Å².